The highest BCUT2D eigenvalue weighted by atomic mass is 16.6. The summed E-state index contributed by atoms with van der Waals surface area (Å²) in [6.07, 6.45) is 40.5. The van der Waals surface area contributed by atoms with Crippen LogP contribution in [-0.4, -0.2) is 80.6 Å². The molecule has 0 aliphatic carbocycles. The zero-order chi connectivity index (χ0) is 38.5. The number of quaternary nitrogens is 1. The number of carboxylic acids is 1. The molecule has 2 atom stereocenters. The molecule has 0 spiro atoms. The Bertz CT molecular complexity index is 995. The number of esters is 2. The third kappa shape index (κ3) is 33.1. The zero-order valence-corrected chi connectivity index (χ0v) is 34.0. The average Bonchev–Trinajstić information content (AvgIpc) is 3.09. The van der Waals surface area contributed by atoms with Gasteiger partial charge in [0.05, 0.1) is 34.4 Å². The fourth-order valence-corrected chi connectivity index (χ4v) is 5.79. The molecule has 0 amide bonds. The molecule has 0 saturated heterocycles. The Labute approximate surface area is 318 Å². The van der Waals surface area contributed by atoms with Crippen LogP contribution in [-0.2, 0) is 28.6 Å². The fraction of sp³-hybridized carbons (Fsp3) is 0.750. The van der Waals surface area contributed by atoms with Crippen molar-refractivity contribution in [1.29, 1.82) is 0 Å². The molecule has 0 bridgehead atoms. The van der Waals surface area contributed by atoms with Gasteiger partial charge >= 0.3 is 17.9 Å². The maximum Gasteiger partial charge on any atom is 0.362 e. The number of aliphatic carboxylic acids is 1. The summed E-state index contributed by atoms with van der Waals surface area (Å²) in [6.45, 7) is 4.52. The van der Waals surface area contributed by atoms with Crippen LogP contribution >= 0.6 is 0 Å². The molecule has 0 radical (unpaired) electrons. The van der Waals surface area contributed by atoms with E-state index in [-0.39, 0.29) is 36.2 Å². The lowest BCUT2D eigenvalue weighted by molar-refractivity contribution is -0.887. The molecule has 8 nitrogen and oxygen atoms in total. The highest BCUT2D eigenvalue weighted by Gasteiger charge is 2.31. The number of carbonyl (C=O) groups excluding carboxylic acids is 2. The van der Waals surface area contributed by atoms with Crippen LogP contribution in [0.2, 0.25) is 0 Å². The van der Waals surface area contributed by atoms with Crippen molar-refractivity contribution < 1.29 is 38.2 Å². The molecule has 0 aromatic rings. The zero-order valence-electron chi connectivity index (χ0n) is 34.0. The maximum atomic E-state index is 12.6. The molecule has 0 saturated carbocycles. The predicted molar refractivity (Wildman–Crippen MR) is 215 cm³/mol. The van der Waals surface area contributed by atoms with Gasteiger partial charge in [0.2, 0.25) is 0 Å². The van der Waals surface area contributed by atoms with Crippen molar-refractivity contribution in [3.63, 3.8) is 0 Å². The van der Waals surface area contributed by atoms with Crippen molar-refractivity contribution in [2.45, 2.75) is 174 Å². The third-order valence-corrected chi connectivity index (χ3v) is 8.99. The van der Waals surface area contributed by atoms with Crippen molar-refractivity contribution in [2.75, 3.05) is 41.0 Å². The monoisotopic (exact) mass is 733 g/mol. The number of unbranched alkanes of at least 4 members (excludes halogenated alkanes) is 14. The van der Waals surface area contributed by atoms with Crippen LogP contribution in [0.25, 0.3) is 0 Å². The second-order valence-corrected chi connectivity index (χ2v) is 14.9. The van der Waals surface area contributed by atoms with E-state index in [1.165, 1.54) is 51.4 Å². The summed E-state index contributed by atoms with van der Waals surface area (Å²) in [4.78, 5) is 36.6. The molecule has 1 N–H and O–H groups in total. The van der Waals surface area contributed by atoms with Crippen molar-refractivity contribution in [2.24, 2.45) is 0 Å². The molecule has 0 aromatic heterocycles. The molecule has 8 heteroatoms. The van der Waals surface area contributed by atoms with E-state index in [0.29, 0.717) is 19.3 Å². The van der Waals surface area contributed by atoms with Crippen molar-refractivity contribution in [3.8, 4) is 0 Å². The van der Waals surface area contributed by atoms with Gasteiger partial charge in [-0.25, -0.2) is 4.79 Å². The van der Waals surface area contributed by atoms with E-state index in [1.807, 2.05) is 21.1 Å². The summed E-state index contributed by atoms with van der Waals surface area (Å²) in [6, 6.07) is -0.612. The summed E-state index contributed by atoms with van der Waals surface area (Å²) < 4.78 is 17.1. The van der Waals surface area contributed by atoms with Crippen LogP contribution in [0, 0.1) is 0 Å². The van der Waals surface area contributed by atoms with Gasteiger partial charge in [-0.3, -0.25) is 9.59 Å². The smallest absolute Gasteiger partial charge is 0.362 e. The summed E-state index contributed by atoms with van der Waals surface area (Å²) in [5.74, 6) is -1.49. The van der Waals surface area contributed by atoms with Crippen molar-refractivity contribution >= 4 is 17.9 Å². The van der Waals surface area contributed by atoms with Crippen LogP contribution < -0.4 is 0 Å². The fourth-order valence-electron chi connectivity index (χ4n) is 5.79. The largest absolute Gasteiger partial charge is 0.477 e. The summed E-state index contributed by atoms with van der Waals surface area (Å²) in [7, 11) is 5.51. The lowest BCUT2D eigenvalue weighted by Gasteiger charge is -2.31. The Morgan fingerprint density at radius 2 is 1.08 bits per heavy atom. The Kier molecular flexibility index (Phi) is 33.5. The molecular weight excluding hydrogens is 654 g/mol. The summed E-state index contributed by atoms with van der Waals surface area (Å²) >= 11 is 0. The highest BCUT2D eigenvalue weighted by Crippen LogP contribution is 2.14. The van der Waals surface area contributed by atoms with Gasteiger partial charge in [-0.15, -0.1) is 0 Å². The number of ether oxygens (including phenoxy) is 3. The minimum Gasteiger partial charge on any atom is -0.477 e. The number of hydrogen-bond acceptors (Lipinski definition) is 6. The molecule has 0 aromatic carbocycles. The van der Waals surface area contributed by atoms with E-state index in [0.717, 1.165) is 77.0 Å². The van der Waals surface area contributed by atoms with E-state index in [4.69, 9.17) is 14.2 Å². The van der Waals surface area contributed by atoms with E-state index in [2.05, 4.69) is 62.5 Å². The van der Waals surface area contributed by atoms with Gasteiger partial charge in [0.1, 0.15) is 6.61 Å². The minimum absolute atomic E-state index is 0.0539. The van der Waals surface area contributed by atoms with E-state index >= 15 is 0 Å². The van der Waals surface area contributed by atoms with Crippen LogP contribution in [0.3, 0.4) is 0 Å². The lowest BCUT2D eigenvalue weighted by atomic mass is 10.0. The van der Waals surface area contributed by atoms with Gasteiger partial charge in [0.25, 0.3) is 0 Å². The molecular formula is C44H78NO7+. The maximum absolute atomic E-state index is 12.6. The molecule has 300 valence electrons. The number of carboxylic acid groups (broad SMARTS) is 1. The normalized spacial score (nSPS) is 13.5. The quantitative estimate of drug-likeness (QED) is 0.0296. The topological polar surface area (TPSA) is 99.1 Å². The van der Waals surface area contributed by atoms with Crippen LogP contribution in [0.4, 0.5) is 0 Å². The highest BCUT2D eigenvalue weighted by molar-refractivity contribution is 5.72. The minimum atomic E-state index is -0.879. The van der Waals surface area contributed by atoms with Gasteiger partial charge in [0, 0.05) is 19.3 Å². The van der Waals surface area contributed by atoms with Gasteiger partial charge in [-0.05, 0) is 51.4 Å². The Balaban J connectivity index is 4.14. The van der Waals surface area contributed by atoms with Gasteiger partial charge in [-0.1, -0.05) is 140 Å². The van der Waals surface area contributed by atoms with Gasteiger partial charge in [0.15, 0.2) is 12.1 Å². The summed E-state index contributed by atoms with van der Waals surface area (Å²) in [5, 5.41) is 9.56. The Morgan fingerprint density at radius 1 is 0.596 bits per heavy atom. The third-order valence-electron chi connectivity index (χ3n) is 8.99. The Morgan fingerprint density at radius 3 is 1.60 bits per heavy atom. The molecule has 0 aliphatic heterocycles. The molecule has 2 unspecified atom stereocenters. The van der Waals surface area contributed by atoms with E-state index < -0.39 is 18.1 Å². The van der Waals surface area contributed by atoms with Gasteiger partial charge in [-0.2, -0.15) is 0 Å². The molecule has 0 heterocycles. The molecule has 52 heavy (non-hydrogen) atoms. The predicted octanol–water partition coefficient (Wildman–Crippen LogP) is 10.9. The number of hydrogen-bond donors (Lipinski definition) is 1. The number of carbonyl (C=O) groups is 3. The molecule has 0 aliphatic rings. The van der Waals surface area contributed by atoms with E-state index in [1.54, 1.807) is 0 Å². The number of allylic oxidation sites excluding steroid dienone is 8. The first-order valence-electron chi connectivity index (χ1n) is 20.7. The number of rotatable bonds is 36. The lowest BCUT2D eigenvalue weighted by Crippen LogP contribution is -2.50. The Hall–Kier alpha value is -2.71. The van der Waals surface area contributed by atoms with Crippen LogP contribution in [0.1, 0.15) is 162 Å². The molecule has 0 rings (SSSR count). The van der Waals surface area contributed by atoms with Crippen molar-refractivity contribution in [1.82, 2.24) is 0 Å². The van der Waals surface area contributed by atoms with Crippen LogP contribution in [0.15, 0.2) is 48.6 Å². The van der Waals surface area contributed by atoms with Gasteiger partial charge < -0.3 is 23.8 Å². The SMILES string of the molecule is CC/C=C\C/C=C\C/C=C\C/C=C\CCCCCCCCCCCCC(=O)OC(COCCC(C(=O)O)[N+](C)(C)C)COC(=O)CCCCCCC. The van der Waals surface area contributed by atoms with E-state index in [9.17, 15) is 19.5 Å². The second kappa shape index (κ2) is 35.3. The van der Waals surface area contributed by atoms with Crippen LogP contribution in [0.5, 0.6) is 0 Å². The standard InChI is InChI=1S/C44H77NO7/c1-6-8-10-12-13-14-15-16-17-18-19-20-21-22-23-24-25-26-27-28-29-31-33-35-43(47)52-40(39-51-42(46)34-32-30-11-9-7-2)38-50-37-36-41(44(48)49)45(3,4)5/h8,10,13-14,16-17,19-20,40-41H,6-7,9,11-12,15,18,21-39H2,1-5H3/p+1/b10-8-,14-13-,17-16-,20-19-. The molecule has 0 fully saturated rings. The first-order valence-corrected chi connectivity index (χ1v) is 20.7. The second-order valence-electron chi connectivity index (χ2n) is 14.9. The van der Waals surface area contributed by atoms with Crippen molar-refractivity contribution in [3.05, 3.63) is 48.6 Å². The summed E-state index contributed by atoms with van der Waals surface area (Å²) in [5.41, 5.74) is 0. The first kappa shape index (κ1) is 49.3. The average molecular weight is 733 g/mol. The number of likely N-dealkylation sites (N-methyl/N-ethyl adjacent to an activating group) is 1. The number of nitrogens with zero attached hydrogens (tertiary/aromatic N) is 1. The first-order chi connectivity index (χ1) is 25.1.